The van der Waals surface area contributed by atoms with E-state index in [1.807, 2.05) is 0 Å². The molecule has 2 rings (SSSR count). The summed E-state index contributed by atoms with van der Waals surface area (Å²) in [4.78, 5) is 23.5. The average molecular weight is 272 g/mol. The van der Waals surface area contributed by atoms with Crippen LogP contribution in [0.4, 0.5) is 5.69 Å². The molecule has 0 saturated heterocycles. The van der Waals surface area contributed by atoms with Crippen molar-refractivity contribution >= 4 is 11.6 Å². The van der Waals surface area contributed by atoms with Gasteiger partial charge >= 0.3 is 0 Å². The molecule has 1 amide bonds. The summed E-state index contributed by atoms with van der Waals surface area (Å²) >= 11 is 0. The van der Waals surface area contributed by atoms with Crippen molar-refractivity contribution in [2.75, 3.05) is 5.32 Å². The van der Waals surface area contributed by atoms with E-state index in [-0.39, 0.29) is 11.5 Å². The lowest BCUT2D eigenvalue weighted by atomic mass is 10.1. The molecular formula is C15H16N2O3. The quantitative estimate of drug-likeness (QED) is 0.893. The standard InChI is InChI=1S/C15H16N2O3/c1-10(18)11-3-5-13(6-4-11)16-15(20)12-7-8-17(2)14(19)9-12/h3-10,18H,1-2H3,(H,16,20). The van der Waals surface area contributed by atoms with Crippen LogP contribution in [-0.2, 0) is 7.05 Å². The molecule has 0 aliphatic rings. The smallest absolute Gasteiger partial charge is 0.255 e. The minimum Gasteiger partial charge on any atom is -0.389 e. The summed E-state index contributed by atoms with van der Waals surface area (Å²) in [7, 11) is 1.62. The molecule has 1 aromatic carbocycles. The van der Waals surface area contributed by atoms with Crippen LogP contribution < -0.4 is 10.9 Å². The van der Waals surface area contributed by atoms with Crippen LogP contribution in [0.3, 0.4) is 0 Å². The molecule has 104 valence electrons. The fourth-order valence-electron chi connectivity index (χ4n) is 1.74. The van der Waals surface area contributed by atoms with Gasteiger partial charge in [-0.05, 0) is 30.7 Å². The van der Waals surface area contributed by atoms with Gasteiger partial charge in [0.15, 0.2) is 0 Å². The second-order valence-electron chi connectivity index (χ2n) is 4.62. The third kappa shape index (κ3) is 3.13. The molecule has 0 fully saturated rings. The van der Waals surface area contributed by atoms with Crippen LogP contribution in [0.15, 0.2) is 47.4 Å². The Morgan fingerprint density at radius 1 is 1.25 bits per heavy atom. The number of nitrogens with one attached hydrogen (secondary N) is 1. The van der Waals surface area contributed by atoms with Gasteiger partial charge in [0.1, 0.15) is 0 Å². The lowest BCUT2D eigenvalue weighted by molar-refractivity contribution is 0.102. The van der Waals surface area contributed by atoms with Crippen molar-refractivity contribution < 1.29 is 9.90 Å². The zero-order valence-electron chi connectivity index (χ0n) is 11.3. The van der Waals surface area contributed by atoms with E-state index in [9.17, 15) is 14.7 Å². The van der Waals surface area contributed by atoms with Crippen molar-refractivity contribution in [3.8, 4) is 0 Å². The molecule has 0 spiro atoms. The Morgan fingerprint density at radius 2 is 1.90 bits per heavy atom. The van der Waals surface area contributed by atoms with E-state index in [0.717, 1.165) is 5.56 Å². The number of aliphatic hydroxyl groups is 1. The van der Waals surface area contributed by atoms with Gasteiger partial charge in [0.25, 0.3) is 11.5 Å². The Kier molecular flexibility index (Phi) is 4.00. The molecule has 0 radical (unpaired) electrons. The predicted molar refractivity (Wildman–Crippen MR) is 76.7 cm³/mol. The van der Waals surface area contributed by atoms with Crippen molar-refractivity contribution in [2.45, 2.75) is 13.0 Å². The van der Waals surface area contributed by atoms with Gasteiger partial charge in [0.2, 0.25) is 0 Å². The first-order valence-corrected chi connectivity index (χ1v) is 6.23. The van der Waals surface area contributed by atoms with E-state index in [2.05, 4.69) is 5.32 Å². The maximum atomic E-state index is 12.0. The molecule has 1 unspecified atom stereocenters. The highest BCUT2D eigenvalue weighted by molar-refractivity contribution is 6.04. The zero-order valence-corrected chi connectivity index (χ0v) is 11.3. The summed E-state index contributed by atoms with van der Waals surface area (Å²) in [6.07, 6.45) is 1.00. The summed E-state index contributed by atoms with van der Waals surface area (Å²) in [6.45, 7) is 1.67. The largest absolute Gasteiger partial charge is 0.389 e. The number of pyridine rings is 1. The number of carbonyl (C=O) groups excluding carboxylic acids is 1. The molecule has 2 N–H and O–H groups in total. The van der Waals surface area contributed by atoms with Gasteiger partial charge in [-0.1, -0.05) is 12.1 Å². The number of rotatable bonds is 3. The first-order valence-electron chi connectivity index (χ1n) is 6.23. The van der Waals surface area contributed by atoms with Crippen LogP contribution in [0.1, 0.15) is 28.9 Å². The first-order chi connectivity index (χ1) is 9.47. The third-order valence-electron chi connectivity index (χ3n) is 3.02. The summed E-state index contributed by atoms with van der Waals surface area (Å²) in [5.41, 5.74) is 1.46. The van der Waals surface area contributed by atoms with Crippen LogP contribution in [0.25, 0.3) is 0 Å². The topological polar surface area (TPSA) is 71.3 Å². The molecule has 5 nitrogen and oxygen atoms in total. The van der Waals surface area contributed by atoms with Crippen LogP contribution in [0.5, 0.6) is 0 Å². The Hall–Kier alpha value is -2.40. The average Bonchev–Trinajstić information content (AvgIpc) is 2.42. The molecule has 5 heteroatoms. The molecule has 20 heavy (non-hydrogen) atoms. The van der Waals surface area contributed by atoms with Crippen LogP contribution in [0.2, 0.25) is 0 Å². The number of amides is 1. The fraction of sp³-hybridized carbons (Fsp3) is 0.200. The van der Waals surface area contributed by atoms with Crippen LogP contribution in [0, 0.1) is 0 Å². The normalized spacial score (nSPS) is 11.9. The fourth-order valence-corrected chi connectivity index (χ4v) is 1.74. The minimum absolute atomic E-state index is 0.234. The van der Waals surface area contributed by atoms with E-state index < -0.39 is 6.10 Å². The number of hydrogen-bond acceptors (Lipinski definition) is 3. The lowest BCUT2D eigenvalue weighted by Gasteiger charge is -2.08. The number of carbonyl (C=O) groups is 1. The van der Waals surface area contributed by atoms with Gasteiger partial charge in [0.05, 0.1) is 6.10 Å². The second kappa shape index (κ2) is 5.71. The Balaban J connectivity index is 2.14. The molecule has 1 heterocycles. The van der Waals surface area contributed by atoms with Crippen LogP contribution in [-0.4, -0.2) is 15.6 Å². The van der Waals surface area contributed by atoms with E-state index in [0.29, 0.717) is 11.3 Å². The van der Waals surface area contributed by atoms with E-state index in [4.69, 9.17) is 0 Å². The number of aromatic nitrogens is 1. The molecule has 1 atom stereocenters. The molecule has 0 bridgehead atoms. The van der Waals surface area contributed by atoms with Gasteiger partial charge in [-0.3, -0.25) is 9.59 Å². The minimum atomic E-state index is -0.545. The second-order valence-corrected chi connectivity index (χ2v) is 4.62. The maximum Gasteiger partial charge on any atom is 0.255 e. The van der Waals surface area contributed by atoms with Crippen molar-refractivity contribution in [3.05, 3.63) is 64.1 Å². The SMILES string of the molecule is CC(O)c1ccc(NC(=O)c2ccn(C)c(=O)c2)cc1. The Bertz CT molecular complexity index is 672. The molecular weight excluding hydrogens is 256 g/mol. The monoisotopic (exact) mass is 272 g/mol. The number of aliphatic hydroxyl groups excluding tert-OH is 1. The van der Waals surface area contributed by atoms with E-state index in [1.165, 1.54) is 10.6 Å². The summed E-state index contributed by atoms with van der Waals surface area (Å²) < 4.78 is 1.40. The summed E-state index contributed by atoms with van der Waals surface area (Å²) in [5, 5.41) is 12.1. The third-order valence-corrected chi connectivity index (χ3v) is 3.02. The number of hydrogen-bond donors (Lipinski definition) is 2. The molecule has 0 aliphatic carbocycles. The van der Waals surface area contributed by atoms with Crippen molar-refractivity contribution in [3.63, 3.8) is 0 Å². The lowest BCUT2D eigenvalue weighted by Crippen LogP contribution is -2.19. The predicted octanol–water partition coefficient (Wildman–Crippen LogP) is 1.69. The Morgan fingerprint density at radius 3 is 2.45 bits per heavy atom. The van der Waals surface area contributed by atoms with Gasteiger partial charge in [-0.15, -0.1) is 0 Å². The summed E-state index contributed by atoms with van der Waals surface area (Å²) in [5.74, 6) is -0.340. The van der Waals surface area contributed by atoms with Crippen molar-refractivity contribution in [2.24, 2.45) is 7.05 Å². The number of aryl methyl sites for hydroxylation is 1. The highest BCUT2D eigenvalue weighted by atomic mass is 16.3. The molecule has 1 aromatic heterocycles. The van der Waals surface area contributed by atoms with Crippen molar-refractivity contribution in [1.29, 1.82) is 0 Å². The van der Waals surface area contributed by atoms with Crippen LogP contribution >= 0.6 is 0 Å². The van der Waals surface area contributed by atoms with Gasteiger partial charge < -0.3 is 15.0 Å². The maximum absolute atomic E-state index is 12.0. The van der Waals surface area contributed by atoms with Gasteiger partial charge in [-0.25, -0.2) is 0 Å². The summed E-state index contributed by atoms with van der Waals surface area (Å²) in [6, 6.07) is 9.77. The molecule has 0 aliphatic heterocycles. The zero-order chi connectivity index (χ0) is 14.7. The number of nitrogens with zero attached hydrogens (tertiary/aromatic N) is 1. The van der Waals surface area contributed by atoms with E-state index in [1.54, 1.807) is 50.5 Å². The molecule has 0 saturated carbocycles. The first kappa shape index (κ1) is 14.0. The van der Waals surface area contributed by atoms with Gasteiger partial charge in [-0.2, -0.15) is 0 Å². The molecule has 2 aromatic rings. The highest BCUT2D eigenvalue weighted by Crippen LogP contribution is 2.16. The van der Waals surface area contributed by atoms with Gasteiger partial charge in [0, 0.05) is 30.6 Å². The number of benzene rings is 1. The highest BCUT2D eigenvalue weighted by Gasteiger charge is 2.08. The van der Waals surface area contributed by atoms with E-state index >= 15 is 0 Å². The van der Waals surface area contributed by atoms with Crippen molar-refractivity contribution in [1.82, 2.24) is 4.57 Å². The number of anilines is 1. The Labute approximate surface area is 116 Å².